The number of hydrogen-bond acceptors (Lipinski definition) is 7. The van der Waals surface area contributed by atoms with Gasteiger partial charge in [0.05, 0.1) is 28.5 Å². The zero-order valence-electron chi connectivity index (χ0n) is 19.8. The molecule has 0 saturated carbocycles. The van der Waals surface area contributed by atoms with E-state index in [1.165, 1.54) is 18.2 Å². The molecule has 0 bridgehead atoms. The summed E-state index contributed by atoms with van der Waals surface area (Å²) in [7, 11) is -4.28. The molecule has 200 valence electrons. The van der Waals surface area contributed by atoms with Gasteiger partial charge in [0.1, 0.15) is 12.4 Å². The second-order valence-electron chi connectivity index (χ2n) is 8.41. The van der Waals surface area contributed by atoms with Crippen LogP contribution in [0.3, 0.4) is 0 Å². The quantitative estimate of drug-likeness (QED) is 0.330. The highest BCUT2D eigenvalue weighted by Crippen LogP contribution is 2.31. The number of fused-ring (bicyclic) bond motifs is 1. The SMILES string of the molecule is Cl.O=C(O)CN(c1ccc2c(ccn2-c2cnc(N3CCNCC3)cn2)c1)S(=O)(=O)c1cc(Cl)cc(Cl)c1. The molecule has 0 radical (unpaired) electrons. The van der Waals surface area contributed by atoms with Gasteiger partial charge in [0, 0.05) is 47.8 Å². The first-order chi connectivity index (χ1) is 17.7. The lowest BCUT2D eigenvalue weighted by Gasteiger charge is -2.28. The number of anilines is 2. The van der Waals surface area contributed by atoms with Gasteiger partial charge in [0.2, 0.25) is 0 Å². The maximum absolute atomic E-state index is 13.4. The summed E-state index contributed by atoms with van der Waals surface area (Å²) in [5.41, 5.74) is 0.940. The maximum Gasteiger partial charge on any atom is 0.324 e. The number of sulfonamides is 1. The second kappa shape index (κ2) is 11.3. The van der Waals surface area contributed by atoms with Crippen molar-refractivity contribution in [3.8, 4) is 5.82 Å². The fourth-order valence-corrected chi connectivity index (χ4v) is 6.36. The molecule has 0 atom stereocenters. The fourth-order valence-electron chi connectivity index (χ4n) is 4.22. The third-order valence-corrected chi connectivity index (χ3v) is 8.17. The number of nitrogens with one attached hydrogen (secondary N) is 1. The number of halogens is 3. The molecule has 2 N–H and O–H groups in total. The Bertz CT molecular complexity index is 1550. The van der Waals surface area contributed by atoms with Crippen LogP contribution in [-0.2, 0) is 14.8 Å². The normalized spacial score (nSPS) is 13.8. The Morgan fingerprint density at radius 1 is 1.00 bits per heavy atom. The maximum atomic E-state index is 13.4. The van der Waals surface area contributed by atoms with E-state index < -0.39 is 22.5 Å². The van der Waals surface area contributed by atoms with Crippen molar-refractivity contribution < 1.29 is 18.3 Å². The molecule has 1 fully saturated rings. The smallest absolute Gasteiger partial charge is 0.324 e. The van der Waals surface area contributed by atoms with E-state index in [0.717, 1.165) is 41.8 Å². The summed E-state index contributed by atoms with van der Waals surface area (Å²) in [6, 6.07) is 10.5. The van der Waals surface area contributed by atoms with Gasteiger partial charge < -0.3 is 15.3 Å². The number of aliphatic carboxylic acids is 1. The van der Waals surface area contributed by atoms with Crippen LogP contribution in [0.2, 0.25) is 10.0 Å². The monoisotopic (exact) mass is 596 g/mol. The molecule has 4 aromatic rings. The van der Waals surface area contributed by atoms with Crippen molar-refractivity contribution >= 4 is 74.0 Å². The summed E-state index contributed by atoms with van der Waals surface area (Å²) in [6.07, 6.45) is 5.22. The summed E-state index contributed by atoms with van der Waals surface area (Å²) in [5, 5.41) is 13.7. The first kappa shape index (κ1) is 27.9. The molecule has 14 heteroatoms. The molecule has 10 nitrogen and oxygen atoms in total. The largest absolute Gasteiger partial charge is 0.480 e. The van der Waals surface area contributed by atoms with E-state index in [-0.39, 0.29) is 33.0 Å². The Kier molecular flexibility index (Phi) is 8.34. The van der Waals surface area contributed by atoms with Crippen molar-refractivity contribution in [2.45, 2.75) is 4.90 Å². The minimum Gasteiger partial charge on any atom is -0.480 e. The number of piperazine rings is 1. The molecular weight excluding hydrogens is 575 g/mol. The topological polar surface area (TPSA) is 121 Å². The van der Waals surface area contributed by atoms with E-state index in [9.17, 15) is 18.3 Å². The predicted molar refractivity (Wildman–Crippen MR) is 150 cm³/mol. The predicted octanol–water partition coefficient (Wildman–Crippen LogP) is 3.84. The summed E-state index contributed by atoms with van der Waals surface area (Å²) < 4.78 is 29.5. The second-order valence-corrected chi connectivity index (χ2v) is 11.1. The van der Waals surface area contributed by atoms with Crippen LogP contribution in [0.25, 0.3) is 16.7 Å². The van der Waals surface area contributed by atoms with Gasteiger partial charge in [0.25, 0.3) is 10.0 Å². The minimum absolute atomic E-state index is 0. The first-order valence-corrected chi connectivity index (χ1v) is 13.5. The van der Waals surface area contributed by atoms with Gasteiger partial charge in [0.15, 0.2) is 5.82 Å². The van der Waals surface area contributed by atoms with E-state index >= 15 is 0 Å². The molecule has 0 aliphatic carbocycles. The lowest BCUT2D eigenvalue weighted by Crippen LogP contribution is -2.43. The molecule has 0 amide bonds. The van der Waals surface area contributed by atoms with Gasteiger partial charge in [-0.25, -0.2) is 18.4 Å². The van der Waals surface area contributed by atoms with E-state index in [1.54, 1.807) is 42.9 Å². The van der Waals surface area contributed by atoms with Crippen LogP contribution in [0.5, 0.6) is 0 Å². The molecule has 38 heavy (non-hydrogen) atoms. The van der Waals surface area contributed by atoms with Crippen molar-refractivity contribution in [2.75, 3.05) is 41.9 Å². The molecule has 2 aromatic heterocycles. The standard InChI is InChI=1S/C24H22Cl2N6O4S.ClH/c25-17-10-18(26)12-20(11-17)37(35,36)32(15-24(33)34)19-1-2-21-16(9-19)3-6-31(21)23-14-28-22(13-29-23)30-7-4-27-5-8-30;/h1-3,6,9-14,27H,4-5,7-8,15H2,(H,33,34);1H. The summed E-state index contributed by atoms with van der Waals surface area (Å²) in [6.45, 7) is 2.73. The van der Waals surface area contributed by atoms with Crippen molar-refractivity contribution in [3.05, 3.63) is 71.1 Å². The molecule has 1 saturated heterocycles. The van der Waals surface area contributed by atoms with Gasteiger partial charge >= 0.3 is 5.97 Å². The molecule has 5 rings (SSSR count). The highest BCUT2D eigenvalue weighted by Gasteiger charge is 2.28. The number of carboxylic acids is 1. The third kappa shape index (κ3) is 5.67. The van der Waals surface area contributed by atoms with Crippen molar-refractivity contribution in [1.82, 2.24) is 19.9 Å². The summed E-state index contributed by atoms with van der Waals surface area (Å²) >= 11 is 12.0. The van der Waals surface area contributed by atoms with E-state index in [1.807, 2.05) is 4.57 Å². The zero-order chi connectivity index (χ0) is 26.2. The Balaban J connectivity index is 0.00000336. The number of carboxylic acid groups (broad SMARTS) is 1. The number of benzene rings is 2. The van der Waals surface area contributed by atoms with E-state index in [0.29, 0.717) is 11.2 Å². The Morgan fingerprint density at radius 2 is 1.66 bits per heavy atom. The van der Waals surface area contributed by atoms with Crippen LogP contribution < -0.4 is 14.5 Å². The van der Waals surface area contributed by atoms with Crippen LogP contribution in [0.4, 0.5) is 11.5 Å². The van der Waals surface area contributed by atoms with Crippen LogP contribution >= 0.6 is 35.6 Å². The number of rotatable bonds is 7. The van der Waals surface area contributed by atoms with Gasteiger partial charge in [-0.1, -0.05) is 23.2 Å². The Morgan fingerprint density at radius 3 is 2.29 bits per heavy atom. The lowest BCUT2D eigenvalue weighted by molar-refractivity contribution is -0.135. The molecule has 1 aliphatic rings. The number of carbonyl (C=O) groups is 1. The molecule has 0 unspecified atom stereocenters. The Labute approximate surface area is 235 Å². The zero-order valence-corrected chi connectivity index (χ0v) is 22.9. The third-order valence-electron chi connectivity index (χ3n) is 5.98. The van der Waals surface area contributed by atoms with Crippen LogP contribution in [0, 0.1) is 0 Å². The number of hydrogen-bond donors (Lipinski definition) is 2. The average Bonchev–Trinajstić information content (AvgIpc) is 3.30. The van der Waals surface area contributed by atoms with Crippen molar-refractivity contribution in [1.29, 1.82) is 0 Å². The van der Waals surface area contributed by atoms with Crippen LogP contribution in [0.15, 0.2) is 66.0 Å². The highest BCUT2D eigenvalue weighted by molar-refractivity contribution is 7.92. The fraction of sp³-hybridized carbons (Fsp3) is 0.208. The Hall–Kier alpha value is -3.09. The molecule has 2 aromatic carbocycles. The highest BCUT2D eigenvalue weighted by atomic mass is 35.5. The molecule has 3 heterocycles. The van der Waals surface area contributed by atoms with Crippen molar-refractivity contribution in [2.24, 2.45) is 0 Å². The molecular formula is C24H23Cl3N6O4S. The molecule has 0 spiro atoms. The minimum atomic E-state index is -4.28. The lowest BCUT2D eigenvalue weighted by atomic mass is 10.2. The van der Waals surface area contributed by atoms with E-state index in [4.69, 9.17) is 23.2 Å². The average molecular weight is 598 g/mol. The number of nitrogens with zero attached hydrogens (tertiary/aromatic N) is 5. The summed E-state index contributed by atoms with van der Waals surface area (Å²) in [4.78, 5) is 22.7. The first-order valence-electron chi connectivity index (χ1n) is 11.3. The van der Waals surface area contributed by atoms with Gasteiger partial charge in [-0.05, 0) is 42.5 Å². The van der Waals surface area contributed by atoms with Crippen molar-refractivity contribution in [3.63, 3.8) is 0 Å². The van der Waals surface area contributed by atoms with Crippen LogP contribution in [0.1, 0.15) is 0 Å². The van der Waals surface area contributed by atoms with Gasteiger partial charge in [-0.3, -0.25) is 13.7 Å². The van der Waals surface area contributed by atoms with Gasteiger partial charge in [-0.15, -0.1) is 12.4 Å². The molecule has 1 aliphatic heterocycles. The van der Waals surface area contributed by atoms with E-state index in [2.05, 4.69) is 20.2 Å². The van der Waals surface area contributed by atoms with Gasteiger partial charge in [-0.2, -0.15) is 0 Å². The van der Waals surface area contributed by atoms with Crippen LogP contribution in [-0.4, -0.2) is 66.8 Å². The number of aromatic nitrogens is 3. The summed E-state index contributed by atoms with van der Waals surface area (Å²) in [5.74, 6) is 0.0964.